The minimum atomic E-state index is -1.13. The molecule has 1 N–H and O–H groups in total. The summed E-state index contributed by atoms with van der Waals surface area (Å²) >= 11 is 0. The van der Waals surface area contributed by atoms with E-state index >= 15 is 0 Å². The molecule has 0 bridgehead atoms. The summed E-state index contributed by atoms with van der Waals surface area (Å²) in [5.41, 5.74) is 1.95. The summed E-state index contributed by atoms with van der Waals surface area (Å²) in [7, 11) is 0. The number of nitrogens with zero attached hydrogens (tertiary/aromatic N) is 2. The number of aliphatic carboxylic acids is 1. The molecule has 2 amide bonds. The van der Waals surface area contributed by atoms with Gasteiger partial charge in [-0.1, -0.05) is 24.3 Å². The van der Waals surface area contributed by atoms with Crippen LogP contribution in [0.15, 0.2) is 42.5 Å². The zero-order valence-electron chi connectivity index (χ0n) is 15.1. The van der Waals surface area contributed by atoms with Gasteiger partial charge in [0, 0.05) is 31.6 Å². The normalized spacial score (nSPS) is 18.9. The molecule has 28 heavy (non-hydrogen) atoms. The average molecular weight is 382 g/mol. The molecule has 0 aliphatic carbocycles. The number of carbonyl (C=O) groups excluding carboxylic acids is 2. The lowest BCUT2D eigenvalue weighted by atomic mass is 9.93. The predicted molar refractivity (Wildman–Crippen MR) is 99.4 cm³/mol. The summed E-state index contributed by atoms with van der Waals surface area (Å²) in [6.07, 6.45) is 1.30. The number of fused-ring (bicyclic) bond motifs is 1. The molecule has 2 aromatic carbocycles. The topological polar surface area (TPSA) is 77.9 Å². The first kappa shape index (κ1) is 18.2. The molecule has 1 fully saturated rings. The molecule has 2 heterocycles. The third-order valence-electron chi connectivity index (χ3n) is 5.36. The number of amides is 2. The van der Waals surface area contributed by atoms with Crippen molar-refractivity contribution >= 4 is 23.5 Å². The smallest absolute Gasteiger partial charge is 0.326 e. The molecule has 1 saturated heterocycles. The van der Waals surface area contributed by atoms with E-state index in [0.29, 0.717) is 25.1 Å². The number of halogens is 1. The first-order valence-corrected chi connectivity index (χ1v) is 9.16. The molecule has 0 spiro atoms. The number of carboxylic acid groups (broad SMARTS) is 1. The molecular weight excluding hydrogens is 363 g/mol. The Labute approximate surface area is 161 Å². The van der Waals surface area contributed by atoms with Crippen molar-refractivity contribution in [2.75, 3.05) is 11.4 Å². The van der Waals surface area contributed by atoms with Crippen molar-refractivity contribution in [3.63, 3.8) is 0 Å². The van der Waals surface area contributed by atoms with E-state index in [9.17, 15) is 23.9 Å². The lowest BCUT2D eigenvalue weighted by molar-refractivity contribution is -0.142. The van der Waals surface area contributed by atoms with Crippen molar-refractivity contribution in [1.29, 1.82) is 0 Å². The molecule has 7 heteroatoms. The van der Waals surface area contributed by atoms with Crippen LogP contribution in [0.25, 0.3) is 0 Å². The zero-order valence-corrected chi connectivity index (χ0v) is 15.1. The van der Waals surface area contributed by atoms with Crippen molar-refractivity contribution in [3.8, 4) is 0 Å². The first-order chi connectivity index (χ1) is 13.5. The fraction of sp³-hybridized carbons (Fsp3) is 0.286. The van der Waals surface area contributed by atoms with Gasteiger partial charge < -0.3 is 14.9 Å². The van der Waals surface area contributed by atoms with Crippen molar-refractivity contribution in [2.24, 2.45) is 0 Å². The fourth-order valence-electron chi connectivity index (χ4n) is 3.88. The summed E-state index contributed by atoms with van der Waals surface area (Å²) < 4.78 is 14.5. The fourth-order valence-corrected chi connectivity index (χ4v) is 3.88. The quantitative estimate of drug-likeness (QED) is 0.885. The molecule has 1 unspecified atom stereocenters. The summed E-state index contributed by atoms with van der Waals surface area (Å²) in [5, 5.41) is 9.62. The highest BCUT2D eigenvalue weighted by atomic mass is 19.1. The van der Waals surface area contributed by atoms with E-state index < -0.39 is 23.7 Å². The number of benzene rings is 2. The molecule has 2 aliphatic rings. The third kappa shape index (κ3) is 3.13. The van der Waals surface area contributed by atoms with Gasteiger partial charge in [0.05, 0.1) is 5.56 Å². The molecular formula is C21H19FN2O4. The van der Waals surface area contributed by atoms with Gasteiger partial charge in [-0.25, -0.2) is 9.18 Å². The molecule has 6 nitrogen and oxygen atoms in total. The second-order valence-electron chi connectivity index (χ2n) is 7.07. The summed E-state index contributed by atoms with van der Waals surface area (Å²) in [6, 6.07) is 10.2. The molecule has 2 aromatic rings. The van der Waals surface area contributed by atoms with Gasteiger partial charge in [-0.2, -0.15) is 0 Å². The lowest BCUT2D eigenvalue weighted by Crippen LogP contribution is -2.48. The monoisotopic (exact) mass is 382 g/mol. The van der Waals surface area contributed by atoms with Gasteiger partial charge in [0.1, 0.15) is 11.9 Å². The predicted octanol–water partition coefficient (Wildman–Crippen LogP) is 2.60. The standard InChI is InChI=1S/C21H19FN2O4/c22-17-8-7-15(23-9-3-6-19(23)25)11-16(17)20(26)24-12-14-5-2-1-4-13(14)10-18(24)21(27)28/h1-2,4-5,7-8,11,18H,3,6,9-10,12H2,(H,27,28). The maximum absolute atomic E-state index is 14.5. The Kier molecular flexibility index (Phi) is 4.58. The number of carbonyl (C=O) groups is 3. The van der Waals surface area contributed by atoms with Crippen LogP contribution in [-0.2, 0) is 22.6 Å². The van der Waals surface area contributed by atoms with E-state index in [1.165, 1.54) is 21.9 Å². The maximum atomic E-state index is 14.5. The third-order valence-corrected chi connectivity index (χ3v) is 5.36. The van der Waals surface area contributed by atoms with Gasteiger partial charge in [0.2, 0.25) is 5.91 Å². The van der Waals surface area contributed by atoms with Gasteiger partial charge >= 0.3 is 5.97 Å². The van der Waals surface area contributed by atoms with Crippen molar-refractivity contribution < 1.29 is 23.9 Å². The maximum Gasteiger partial charge on any atom is 0.326 e. The molecule has 4 rings (SSSR count). The van der Waals surface area contributed by atoms with Crippen LogP contribution < -0.4 is 4.90 Å². The summed E-state index contributed by atoms with van der Waals surface area (Å²) in [6.45, 7) is 0.616. The number of hydrogen-bond donors (Lipinski definition) is 1. The van der Waals surface area contributed by atoms with Crippen molar-refractivity contribution in [2.45, 2.75) is 31.8 Å². The Hall–Kier alpha value is -3.22. The van der Waals surface area contributed by atoms with Crippen LogP contribution in [0.1, 0.15) is 34.3 Å². The van der Waals surface area contributed by atoms with E-state index in [4.69, 9.17) is 0 Å². The van der Waals surface area contributed by atoms with E-state index in [0.717, 1.165) is 17.2 Å². The van der Waals surface area contributed by atoms with Crippen LogP contribution in [0.2, 0.25) is 0 Å². The van der Waals surface area contributed by atoms with Crippen LogP contribution in [0.5, 0.6) is 0 Å². The van der Waals surface area contributed by atoms with Crippen molar-refractivity contribution in [3.05, 3.63) is 65.0 Å². The minimum Gasteiger partial charge on any atom is -0.480 e. The van der Waals surface area contributed by atoms with Gasteiger partial charge in [-0.15, -0.1) is 0 Å². The van der Waals surface area contributed by atoms with E-state index in [1.807, 2.05) is 24.3 Å². The van der Waals surface area contributed by atoms with Crippen LogP contribution >= 0.6 is 0 Å². The molecule has 2 aliphatic heterocycles. The number of rotatable bonds is 3. The Morgan fingerprint density at radius 3 is 2.54 bits per heavy atom. The largest absolute Gasteiger partial charge is 0.480 e. The highest BCUT2D eigenvalue weighted by Crippen LogP contribution is 2.28. The average Bonchev–Trinajstić information content (AvgIpc) is 3.12. The van der Waals surface area contributed by atoms with Crippen LogP contribution in [0.3, 0.4) is 0 Å². The summed E-state index contributed by atoms with van der Waals surface area (Å²) in [5.74, 6) is -2.62. The Morgan fingerprint density at radius 1 is 1.11 bits per heavy atom. The number of anilines is 1. The van der Waals surface area contributed by atoms with E-state index in [2.05, 4.69) is 0 Å². The van der Waals surface area contributed by atoms with Gasteiger partial charge in [0.15, 0.2) is 0 Å². The van der Waals surface area contributed by atoms with E-state index in [-0.39, 0.29) is 24.4 Å². The minimum absolute atomic E-state index is 0.0691. The van der Waals surface area contributed by atoms with Crippen molar-refractivity contribution in [1.82, 2.24) is 4.90 Å². The molecule has 0 radical (unpaired) electrons. The highest BCUT2D eigenvalue weighted by molar-refractivity contribution is 6.00. The van der Waals surface area contributed by atoms with Crippen LogP contribution in [-0.4, -0.2) is 40.4 Å². The summed E-state index contributed by atoms with van der Waals surface area (Å²) in [4.78, 5) is 39.6. The Bertz CT molecular complexity index is 975. The first-order valence-electron chi connectivity index (χ1n) is 9.16. The van der Waals surface area contributed by atoms with Gasteiger partial charge in [-0.05, 0) is 35.7 Å². The molecule has 0 aromatic heterocycles. The zero-order chi connectivity index (χ0) is 19.8. The van der Waals surface area contributed by atoms with Crippen LogP contribution in [0.4, 0.5) is 10.1 Å². The van der Waals surface area contributed by atoms with E-state index in [1.54, 1.807) is 0 Å². The number of hydrogen-bond acceptors (Lipinski definition) is 3. The SMILES string of the molecule is O=C(O)C1Cc2ccccc2CN1C(=O)c1cc(N2CCCC2=O)ccc1F. The van der Waals surface area contributed by atoms with Gasteiger partial charge in [-0.3, -0.25) is 9.59 Å². The lowest BCUT2D eigenvalue weighted by Gasteiger charge is -2.34. The second-order valence-corrected chi connectivity index (χ2v) is 7.07. The Balaban J connectivity index is 1.70. The number of carboxylic acids is 1. The molecule has 0 saturated carbocycles. The second kappa shape index (κ2) is 7.07. The highest BCUT2D eigenvalue weighted by Gasteiger charge is 2.36. The van der Waals surface area contributed by atoms with Gasteiger partial charge in [0.25, 0.3) is 5.91 Å². The molecule has 1 atom stereocenters. The van der Waals surface area contributed by atoms with Crippen LogP contribution in [0, 0.1) is 5.82 Å². The Morgan fingerprint density at radius 2 is 1.86 bits per heavy atom. The molecule has 144 valence electrons.